The third-order valence-corrected chi connectivity index (χ3v) is 2.45. The van der Waals surface area contributed by atoms with E-state index in [1.54, 1.807) is 0 Å². The lowest BCUT2D eigenvalue weighted by molar-refractivity contribution is -0.129. The fourth-order valence-electron chi connectivity index (χ4n) is 1.27. The van der Waals surface area contributed by atoms with E-state index >= 15 is 0 Å². The van der Waals surface area contributed by atoms with E-state index in [2.05, 4.69) is 0 Å². The average Bonchev–Trinajstić information content (AvgIpc) is 2.29. The van der Waals surface area contributed by atoms with Crippen molar-refractivity contribution in [3.63, 3.8) is 0 Å². The van der Waals surface area contributed by atoms with Crippen molar-refractivity contribution < 1.29 is 13.9 Å². The van der Waals surface area contributed by atoms with E-state index in [0.29, 0.717) is 5.75 Å². The summed E-state index contributed by atoms with van der Waals surface area (Å²) in [5.41, 5.74) is 2.02. The normalized spacial score (nSPS) is 12.4. The highest BCUT2D eigenvalue weighted by Crippen LogP contribution is 2.23. The van der Waals surface area contributed by atoms with Gasteiger partial charge in [-0.05, 0) is 18.1 Å². The maximum atomic E-state index is 12.9. The van der Waals surface area contributed by atoms with E-state index in [1.165, 1.54) is 18.2 Å². The average molecular weight is 261 g/mol. The van der Waals surface area contributed by atoms with Crippen LogP contribution in [0, 0.1) is 11.7 Å². The van der Waals surface area contributed by atoms with Crippen molar-refractivity contribution in [1.29, 1.82) is 0 Å². The molecule has 17 heavy (non-hydrogen) atoms. The third-order valence-electron chi connectivity index (χ3n) is 2.16. The Labute approximate surface area is 104 Å². The van der Waals surface area contributed by atoms with Crippen molar-refractivity contribution >= 4 is 17.5 Å². The van der Waals surface area contributed by atoms with Gasteiger partial charge in [0, 0.05) is 6.07 Å². The molecule has 0 saturated heterocycles. The third kappa shape index (κ3) is 3.57. The number of amides is 1. The minimum absolute atomic E-state index is 0.0573. The van der Waals surface area contributed by atoms with Gasteiger partial charge in [0.25, 0.3) is 5.91 Å². The Bertz CT molecular complexity index is 412. The summed E-state index contributed by atoms with van der Waals surface area (Å²) >= 11 is 5.61. The number of hydrogen-bond acceptors (Lipinski definition) is 3. The number of rotatable bonds is 4. The van der Waals surface area contributed by atoms with Gasteiger partial charge in [-0.25, -0.2) is 10.2 Å². The lowest BCUT2D eigenvalue weighted by atomic mass is 10.1. The first-order chi connectivity index (χ1) is 7.95. The summed E-state index contributed by atoms with van der Waals surface area (Å²) in [6, 6.07) is 3.89. The van der Waals surface area contributed by atoms with Crippen LogP contribution in [-0.2, 0) is 4.79 Å². The van der Waals surface area contributed by atoms with Crippen LogP contribution in [0.3, 0.4) is 0 Å². The quantitative estimate of drug-likeness (QED) is 0.494. The predicted molar refractivity (Wildman–Crippen MR) is 63.0 cm³/mol. The van der Waals surface area contributed by atoms with Gasteiger partial charge in [0.1, 0.15) is 11.6 Å². The van der Waals surface area contributed by atoms with Gasteiger partial charge >= 0.3 is 0 Å². The molecule has 1 aromatic carbocycles. The van der Waals surface area contributed by atoms with E-state index in [9.17, 15) is 9.18 Å². The SMILES string of the molecule is CC(C)C(Oc1ccc(F)c(Cl)c1)C(=O)NN. The number of carbonyl (C=O) groups is 1. The number of hydrogen-bond donors (Lipinski definition) is 2. The van der Waals surface area contributed by atoms with Crippen molar-refractivity contribution in [2.45, 2.75) is 20.0 Å². The maximum Gasteiger partial charge on any atom is 0.275 e. The molecule has 1 amide bonds. The zero-order valence-corrected chi connectivity index (χ0v) is 10.3. The van der Waals surface area contributed by atoms with Gasteiger partial charge in [-0.3, -0.25) is 10.2 Å². The Kier molecular flexibility index (Phi) is 4.72. The summed E-state index contributed by atoms with van der Waals surface area (Å²) in [5, 5.41) is -0.0573. The Morgan fingerprint density at radius 1 is 1.53 bits per heavy atom. The molecule has 0 saturated carbocycles. The number of carbonyl (C=O) groups excluding carboxylic acids is 1. The van der Waals surface area contributed by atoms with Gasteiger partial charge < -0.3 is 4.74 Å². The van der Waals surface area contributed by atoms with Crippen LogP contribution in [0.1, 0.15) is 13.8 Å². The monoisotopic (exact) mass is 260 g/mol. The predicted octanol–water partition coefficient (Wildman–Crippen LogP) is 1.87. The zero-order chi connectivity index (χ0) is 13.0. The van der Waals surface area contributed by atoms with Crippen LogP contribution in [-0.4, -0.2) is 12.0 Å². The molecule has 94 valence electrons. The molecule has 0 fully saturated rings. The summed E-state index contributed by atoms with van der Waals surface area (Å²) in [7, 11) is 0. The molecule has 0 radical (unpaired) electrons. The smallest absolute Gasteiger partial charge is 0.275 e. The number of nitrogens with one attached hydrogen (secondary N) is 1. The highest BCUT2D eigenvalue weighted by Gasteiger charge is 2.23. The van der Waals surface area contributed by atoms with Crippen molar-refractivity contribution in [2.75, 3.05) is 0 Å². The van der Waals surface area contributed by atoms with Crippen molar-refractivity contribution in [3.05, 3.63) is 29.0 Å². The number of nitrogens with two attached hydrogens (primary N) is 1. The lowest BCUT2D eigenvalue weighted by Crippen LogP contribution is -2.44. The summed E-state index contributed by atoms with van der Waals surface area (Å²) in [6.45, 7) is 3.62. The van der Waals surface area contributed by atoms with Crippen molar-refractivity contribution in [2.24, 2.45) is 11.8 Å². The standard InChI is InChI=1S/C11H14ClFN2O2/c1-6(2)10(11(16)15-14)17-7-3-4-9(13)8(12)5-7/h3-6,10H,14H2,1-2H3,(H,15,16). The van der Waals surface area contributed by atoms with Gasteiger partial charge in [-0.15, -0.1) is 0 Å². The van der Waals surface area contributed by atoms with Crippen LogP contribution >= 0.6 is 11.6 Å². The van der Waals surface area contributed by atoms with Gasteiger partial charge in [-0.1, -0.05) is 25.4 Å². The van der Waals surface area contributed by atoms with E-state index in [1.807, 2.05) is 19.3 Å². The van der Waals surface area contributed by atoms with E-state index in [-0.39, 0.29) is 10.9 Å². The van der Waals surface area contributed by atoms with Crippen LogP contribution < -0.4 is 16.0 Å². The number of hydrazine groups is 1. The fraction of sp³-hybridized carbons (Fsp3) is 0.364. The van der Waals surface area contributed by atoms with Crippen LogP contribution in [0.4, 0.5) is 4.39 Å². The second-order valence-electron chi connectivity index (χ2n) is 3.87. The van der Waals surface area contributed by atoms with Crippen LogP contribution in [0.2, 0.25) is 5.02 Å². The fourth-order valence-corrected chi connectivity index (χ4v) is 1.44. The highest BCUT2D eigenvalue weighted by atomic mass is 35.5. The van der Waals surface area contributed by atoms with Gasteiger partial charge in [0.2, 0.25) is 0 Å². The molecule has 1 unspecified atom stereocenters. The van der Waals surface area contributed by atoms with E-state index in [4.69, 9.17) is 22.2 Å². The number of halogens is 2. The topological polar surface area (TPSA) is 64.3 Å². The minimum atomic E-state index is -0.749. The van der Waals surface area contributed by atoms with E-state index < -0.39 is 17.8 Å². The second kappa shape index (κ2) is 5.84. The minimum Gasteiger partial charge on any atom is -0.480 e. The first kappa shape index (κ1) is 13.7. The van der Waals surface area contributed by atoms with Crippen LogP contribution in [0.15, 0.2) is 18.2 Å². The Balaban J connectivity index is 2.86. The Morgan fingerprint density at radius 3 is 2.65 bits per heavy atom. The van der Waals surface area contributed by atoms with Crippen LogP contribution in [0.5, 0.6) is 5.75 Å². The molecule has 1 aromatic rings. The molecule has 6 heteroatoms. The molecule has 0 aliphatic heterocycles. The molecular formula is C11H14ClFN2O2. The number of ether oxygens (including phenoxy) is 1. The Hall–Kier alpha value is -1.33. The molecule has 0 aromatic heterocycles. The molecule has 0 spiro atoms. The van der Waals surface area contributed by atoms with Gasteiger partial charge in [-0.2, -0.15) is 0 Å². The first-order valence-electron chi connectivity index (χ1n) is 5.08. The molecule has 0 heterocycles. The summed E-state index contributed by atoms with van der Waals surface area (Å²) in [4.78, 5) is 11.4. The largest absolute Gasteiger partial charge is 0.480 e. The Morgan fingerprint density at radius 2 is 2.18 bits per heavy atom. The van der Waals surface area contributed by atoms with Crippen molar-refractivity contribution in [3.8, 4) is 5.75 Å². The number of benzene rings is 1. The molecule has 1 rings (SSSR count). The summed E-state index contributed by atoms with van der Waals surface area (Å²) in [5.74, 6) is 4.31. The molecule has 4 nitrogen and oxygen atoms in total. The molecule has 0 aliphatic rings. The zero-order valence-electron chi connectivity index (χ0n) is 9.54. The molecular weight excluding hydrogens is 247 g/mol. The first-order valence-corrected chi connectivity index (χ1v) is 5.45. The molecule has 3 N–H and O–H groups in total. The highest BCUT2D eigenvalue weighted by molar-refractivity contribution is 6.30. The second-order valence-corrected chi connectivity index (χ2v) is 4.27. The van der Waals surface area contributed by atoms with Crippen LogP contribution in [0.25, 0.3) is 0 Å². The molecule has 0 bridgehead atoms. The van der Waals surface area contributed by atoms with E-state index in [0.717, 1.165) is 0 Å². The lowest BCUT2D eigenvalue weighted by Gasteiger charge is -2.20. The molecule has 1 atom stereocenters. The molecule has 0 aliphatic carbocycles. The van der Waals surface area contributed by atoms with Gasteiger partial charge in [0.15, 0.2) is 6.10 Å². The summed E-state index contributed by atoms with van der Waals surface area (Å²) in [6.07, 6.45) is -0.749. The van der Waals surface area contributed by atoms with Crippen molar-refractivity contribution in [1.82, 2.24) is 5.43 Å². The summed E-state index contributed by atoms with van der Waals surface area (Å²) < 4.78 is 18.4. The van der Waals surface area contributed by atoms with Gasteiger partial charge in [0.05, 0.1) is 5.02 Å². The maximum absolute atomic E-state index is 12.9.